The van der Waals surface area contributed by atoms with E-state index < -0.39 is 0 Å². The molecule has 2 N–H and O–H groups in total. The normalized spacial score (nSPS) is 12.2. The number of ether oxygens (including phenoxy) is 2. The number of thiocarbonyl (C=S) groups is 1. The molecule has 0 radical (unpaired) electrons. The van der Waals surface area contributed by atoms with Crippen LogP contribution in [0.25, 0.3) is 0 Å². The molecule has 19 heavy (non-hydrogen) atoms. The van der Waals surface area contributed by atoms with Crippen molar-refractivity contribution in [2.45, 2.75) is 13.0 Å². The molecule has 0 heterocycles. The van der Waals surface area contributed by atoms with E-state index in [2.05, 4.69) is 15.8 Å². The molecule has 104 valence electrons. The Labute approximate surface area is 119 Å². The summed E-state index contributed by atoms with van der Waals surface area (Å²) in [5, 5.41) is 7.56. The fourth-order valence-electron chi connectivity index (χ4n) is 1.40. The topological polar surface area (TPSA) is 54.9 Å². The highest BCUT2D eigenvalue weighted by atomic mass is 32.1. The SMILES string of the molecule is COC[C@H](C)NC(=S)N/N=C\c1ccc(OC)cc1. The maximum Gasteiger partial charge on any atom is 0.187 e. The predicted octanol–water partition coefficient (Wildman–Crippen LogP) is 1.53. The minimum absolute atomic E-state index is 0.140. The van der Waals surface area contributed by atoms with Crippen LogP contribution in [0.4, 0.5) is 0 Å². The second-order valence-corrected chi connectivity index (χ2v) is 4.38. The molecule has 1 rings (SSSR count). The van der Waals surface area contributed by atoms with Gasteiger partial charge in [-0.15, -0.1) is 0 Å². The van der Waals surface area contributed by atoms with Crippen molar-refractivity contribution in [3.63, 3.8) is 0 Å². The second kappa shape index (κ2) is 8.44. The highest BCUT2D eigenvalue weighted by Crippen LogP contribution is 2.09. The van der Waals surface area contributed by atoms with Crippen molar-refractivity contribution in [2.75, 3.05) is 20.8 Å². The molecule has 0 aliphatic heterocycles. The van der Waals surface area contributed by atoms with Crippen LogP contribution in [-0.2, 0) is 4.74 Å². The fraction of sp³-hybridized carbons (Fsp3) is 0.385. The monoisotopic (exact) mass is 281 g/mol. The molecular weight excluding hydrogens is 262 g/mol. The Hall–Kier alpha value is -1.66. The van der Waals surface area contributed by atoms with E-state index >= 15 is 0 Å². The Morgan fingerprint density at radius 3 is 2.63 bits per heavy atom. The minimum Gasteiger partial charge on any atom is -0.497 e. The van der Waals surface area contributed by atoms with Gasteiger partial charge in [-0.1, -0.05) is 0 Å². The van der Waals surface area contributed by atoms with Gasteiger partial charge in [-0.3, -0.25) is 5.43 Å². The number of hydrazone groups is 1. The first-order valence-corrected chi connectivity index (χ1v) is 6.29. The van der Waals surface area contributed by atoms with Gasteiger partial charge in [0.15, 0.2) is 5.11 Å². The lowest BCUT2D eigenvalue weighted by Gasteiger charge is -2.13. The molecule has 0 amide bonds. The molecule has 0 aliphatic rings. The Morgan fingerprint density at radius 2 is 2.05 bits per heavy atom. The summed E-state index contributed by atoms with van der Waals surface area (Å²) in [5.74, 6) is 0.815. The van der Waals surface area contributed by atoms with Crippen LogP contribution in [0.5, 0.6) is 5.75 Å². The van der Waals surface area contributed by atoms with Gasteiger partial charge < -0.3 is 14.8 Å². The number of rotatable bonds is 6. The van der Waals surface area contributed by atoms with Gasteiger partial charge in [-0.25, -0.2) is 0 Å². The van der Waals surface area contributed by atoms with Crippen LogP contribution in [0.15, 0.2) is 29.4 Å². The summed E-state index contributed by atoms with van der Waals surface area (Å²) >= 11 is 5.09. The Kier molecular flexibility index (Phi) is 6.84. The first-order valence-electron chi connectivity index (χ1n) is 5.88. The molecule has 5 nitrogen and oxygen atoms in total. The quantitative estimate of drug-likeness (QED) is 0.470. The van der Waals surface area contributed by atoms with E-state index in [1.165, 1.54) is 0 Å². The zero-order chi connectivity index (χ0) is 14.1. The maximum absolute atomic E-state index is 5.09. The van der Waals surface area contributed by atoms with Gasteiger partial charge >= 0.3 is 0 Å². The number of nitrogens with zero attached hydrogens (tertiary/aromatic N) is 1. The molecule has 0 aromatic heterocycles. The molecule has 6 heteroatoms. The van der Waals surface area contributed by atoms with E-state index in [4.69, 9.17) is 21.7 Å². The van der Waals surface area contributed by atoms with Crippen molar-refractivity contribution >= 4 is 23.5 Å². The lowest BCUT2D eigenvalue weighted by molar-refractivity contribution is 0.179. The number of hydrogen-bond donors (Lipinski definition) is 2. The van der Waals surface area contributed by atoms with Crippen LogP contribution in [0.1, 0.15) is 12.5 Å². The predicted molar refractivity (Wildman–Crippen MR) is 80.8 cm³/mol. The molecule has 0 bridgehead atoms. The van der Waals surface area contributed by atoms with Crippen LogP contribution >= 0.6 is 12.2 Å². The van der Waals surface area contributed by atoms with Gasteiger partial charge in [-0.05, 0) is 49.0 Å². The van der Waals surface area contributed by atoms with Crippen LogP contribution in [0.3, 0.4) is 0 Å². The van der Waals surface area contributed by atoms with E-state index in [9.17, 15) is 0 Å². The number of hydrogen-bond acceptors (Lipinski definition) is 4. The van der Waals surface area contributed by atoms with Gasteiger partial charge in [0.25, 0.3) is 0 Å². The molecular formula is C13H19N3O2S. The van der Waals surface area contributed by atoms with Crippen LogP contribution < -0.4 is 15.5 Å². The third-order valence-corrected chi connectivity index (χ3v) is 2.50. The van der Waals surface area contributed by atoms with E-state index in [0.717, 1.165) is 11.3 Å². The first-order chi connectivity index (χ1) is 9.15. The molecule has 1 aromatic carbocycles. The largest absolute Gasteiger partial charge is 0.497 e. The summed E-state index contributed by atoms with van der Waals surface area (Å²) in [6, 6.07) is 7.71. The highest BCUT2D eigenvalue weighted by molar-refractivity contribution is 7.80. The van der Waals surface area contributed by atoms with Gasteiger partial charge in [0, 0.05) is 13.2 Å². The van der Waals surface area contributed by atoms with Crippen molar-refractivity contribution in [3.8, 4) is 5.75 Å². The second-order valence-electron chi connectivity index (χ2n) is 3.97. The Bertz CT molecular complexity index is 420. The Balaban J connectivity index is 2.38. The summed E-state index contributed by atoms with van der Waals surface area (Å²) in [7, 11) is 3.28. The fourth-order valence-corrected chi connectivity index (χ4v) is 1.66. The van der Waals surface area contributed by atoms with E-state index in [1.54, 1.807) is 20.4 Å². The lowest BCUT2D eigenvalue weighted by atomic mass is 10.2. The maximum atomic E-state index is 5.09. The van der Waals surface area contributed by atoms with Gasteiger partial charge in [0.05, 0.1) is 19.9 Å². The molecule has 0 unspecified atom stereocenters. The summed E-state index contributed by atoms with van der Waals surface area (Å²) in [6.45, 7) is 2.56. The van der Waals surface area contributed by atoms with E-state index in [0.29, 0.717) is 11.7 Å². The number of methoxy groups -OCH3 is 2. The van der Waals surface area contributed by atoms with Crippen molar-refractivity contribution in [1.29, 1.82) is 0 Å². The lowest BCUT2D eigenvalue weighted by Crippen LogP contribution is -2.40. The van der Waals surface area contributed by atoms with E-state index in [-0.39, 0.29) is 6.04 Å². The average molecular weight is 281 g/mol. The third kappa shape index (κ3) is 6.17. The highest BCUT2D eigenvalue weighted by Gasteiger charge is 2.01. The molecule has 0 aliphatic carbocycles. The summed E-state index contributed by atoms with van der Waals surface area (Å²) in [5.41, 5.74) is 3.71. The summed E-state index contributed by atoms with van der Waals surface area (Å²) in [6.07, 6.45) is 1.69. The van der Waals surface area contributed by atoms with Gasteiger partial charge in [-0.2, -0.15) is 5.10 Å². The number of benzene rings is 1. The molecule has 0 saturated heterocycles. The molecule has 1 atom stereocenters. The number of nitrogens with one attached hydrogen (secondary N) is 2. The van der Waals surface area contributed by atoms with Crippen molar-refractivity contribution in [2.24, 2.45) is 5.10 Å². The molecule has 0 fully saturated rings. The van der Waals surface area contributed by atoms with Gasteiger partial charge in [0.2, 0.25) is 0 Å². The average Bonchev–Trinajstić information content (AvgIpc) is 2.39. The van der Waals surface area contributed by atoms with Gasteiger partial charge in [0.1, 0.15) is 5.75 Å². The van der Waals surface area contributed by atoms with Crippen LogP contribution in [0.2, 0.25) is 0 Å². The third-order valence-electron chi connectivity index (χ3n) is 2.29. The van der Waals surface area contributed by atoms with E-state index in [1.807, 2.05) is 31.2 Å². The zero-order valence-electron chi connectivity index (χ0n) is 11.3. The first kappa shape index (κ1) is 15.4. The Morgan fingerprint density at radius 1 is 1.37 bits per heavy atom. The molecule has 0 saturated carbocycles. The minimum atomic E-state index is 0.140. The van der Waals surface area contributed by atoms with Crippen molar-refractivity contribution in [1.82, 2.24) is 10.7 Å². The summed E-state index contributed by atoms with van der Waals surface area (Å²) in [4.78, 5) is 0. The standard InChI is InChI=1S/C13H19N3O2S/c1-10(9-17-2)15-13(19)16-14-8-11-4-6-12(18-3)7-5-11/h4-8,10H,9H2,1-3H3,(H2,15,16,19)/b14-8-/t10-/m0/s1. The van der Waals surface area contributed by atoms with Crippen LogP contribution in [-0.4, -0.2) is 38.2 Å². The van der Waals surface area contributed by atoms with Crippen molar-refractivity contribution < 1.29 is 9.47 Å². The molecule has 1 aromatic rings. The molecule has 0 spiro atoms. The summed E-state index contributed by atoms with van der Waals surface area (Å²) < 4.78 is 10.1. The van der Waals surface area contributed by atoms with Crippen LogP contribution in [0, 0.1) is 0 Å². The zero-order valence-corrected chi connectivity index (χ0v) is 12.2. The van der Waals surface area contributed by atoms with Crippen molar-refractivity contribution in [3.05, 3.63) is 29.8 Å². The smallest absolute Gasteiger partial charge is 0.187 e.